The number of rotatable bonds is 7. The fourth-order valence-electron chi connectivity index (χ4n) is 3.73. The van der Waals surface area contributed by atoms with Crippen LogP contribution in [0.2, 0.25) is 5.02 Å². The zero-order chi connectivity index (χ0) is 24.2. The molecule has 1 aromatic heterocycles. The van der Waals surface area contributed by atoms with Crippen molar-refractivity contribution in [2.45, 2.75) is 26.0 Å². The van der Waals surface area contributed by atoms with Gasteiger partial charge in [-0.2, -0.15) is 0 Å². The average molecular weight is 491 g/mol. The molecular formula is C23H20ClFN2O7. The van der Waals surface area contributed by atoms with E-state index in [2.05, 4.69) is 5.16 Å². The smallest absolute Gasteiger partial charge is 0.482 e. The molecule has 2 heterocycles. The zero-order valence-corrected chi connectivity index (χ0v) is 18.8. The first-order chi connectivity index (χ1) is 16.3. The van der Waals surface area contributed by atoms with Crippen molar-refractivity contribution in [2.75, 3.05) is 13.2 Å². The van der Waals surface area contributed by atoms with E-state index in [1.807, 2.05) is 0 Å². The van der Waals surface area contributed by atoms with Gasteiger partial charge in [-0.1, -0.05) is 22.8 Å². The molecule has 34 heavy (non-hydrogen) atoms. The van der Waals surface area contributed by atoms with E-state index in [1.54, 1.807) is 31.2 Å². The number of aromatic nitrogens is 1. The van der Waals surface area contributed by atoms with Gasteiger partial charge >= 0.3 is 12.1 Å². The Hall–Kier alpha value is -3.63. The molecule has 4 rings (SSSR count). The molecule has 0 aliphatic carbocycles. The van der Waals surface area contributed by atoms with Gasteiger partial charge < -0.3 is 23.9 Å². The lowest BCUT2D eigenvalue weighted by molar-refractivity contribution is -0.153. The molecule has 2 aromatic carbocycles. The molecule has 0 spiro atoms. The Morgan fingerprint density at radius 3 is 2.79 bits per heavy atom. The minimum atomic E-state index is -1.16. The molecular weight excluding hydrogens is 471 g/mol. The van der Waals surface area contributed by atoms with Gasteiger partial charge in [0.1, 0.15) is 11.6 Å². The molecule has 0 saturated heterocycles. The SMILES string of the molecule is Cc1cc(COC(=O)ON2CCc3cc(F)ccc3[C@H]2c2cc(Cl)ccc2OCC(=O)O)on1. The second-order valence-electron chi connectivity index (χ2n) is 7.57. The molecule has 0 unspecified atom stereocenters. The molecule has 1 atom stereocenters. The number of aryl methyl sites for hydroxylation is 1. The van der Waals surface area contributed by atoms with Crippen molar-refractivity contribution >= 4 is 23.7 Å². The Kier molecular flexibility index (Phi) is 6.99. The molecule has 1 N–H and O–H groups in total. The fraction of sp³-hybridized carbons (Fsp3) is 0.261. The van der Waals surface area contributed by atoms with E-state index in [9.17, 15) is 14.0 Å². The van der Waals surface area contributed by atoms with Crippen molar-refractivity contribution in [3.63, 3.8) is 0 Å². The zero-order valence-electron chi connectivity index (χ0n) is 18.0. The van der Waals surface area contributed by atoms with Gasteiger partial charge in [-0.25, -0.2) is 14.0 Å². The summed E-state index contributed by atoms with van der Waals surface area (Å²) in [6.45, 7) is 1.18. The third-order valence-corrected chi connectivity index (χ3v) is 5.34. The van der Waals surface area contributed by atoms with E-state index in [0.29, 0.717) is 39.6 Å². The molecule has 11 heteroatoms. The van der Waals surface area contributed by atoms with Gasteiger partial charge in [0.2, 0.25) is 0 Å². The van der Waals surface area contributed by atoms with Gasteiger partial charge in [0.25, 0.3) is 0 Å². The highest BCUT2D eigenvalue weighted by atomic mass is 35.5. The number of carbonyl (C=O) groups is 2. The normalized spacial score (nSPS) is 15.4. The van der Waals surface area contributed by atoms with Crippen molar-refractivity contribution in [2.24, 2.45) is 0 Å². The summed E-state index contributed by atoms with van der Waals surface area (Å²) in [5.41, 5.74) is 2.44. The Morgan fingerprint density at radius 2 is 2.06 bits per heavy atom. The molecule has 0 bridgehead atoms. The van der Waals surface area contributed by atoms with Crippen LogP contribution in [0.1, 0.15) is 34.2 Å². The highest BCUT2D eigenvalue weighted by Gasteiger charge is 2.34. The third kappa shape index (κ3) is 5.46. The van der Waals surface area contributed by atoms with E-state index in [1.165, 1.54) is 23.3 Å². The van der Waals surface area contributed by atoms with E-state index in [-0.39, 0.29) is 18.9 Å². The number of benzene rings is 2. The minimum absolute atomic E-state index is 0.176. The van der Waals surface area contributed by atoms with Gasteiger partial charge in [-0.15, -0.1) is 5.06 Å². The van der Waals surface area contributed by atoms with Crippen molar-refractivity contribution in [1.29, 1.82) is 0 Å². The topological polar surface area (TPSA) is 111 Å². The molecule has 0 saturated carbocycles. The summed E-state index contributed by atoms with van der Waals surface area (Å²) >= 11 is 6.22. The molecule has 1 aliphatic heterocycles. The monoisotopic (exact) mass is 490 g/mol. The summed E-state index contributed by atoms with van der Waals surface area (Å²) in [7, 11) is 0. The van der Waals surface area contributed by atoms with E-state index < -0.39 is 30.6 Å². The van der Waals surface area contributed by atoms with Crippen LogP contribution in [-0.4, -0.2) is 40.6 Å². The lowest BCUT2D eigenvalue weighted by Crippen LogP contribution is -2.38. The standard InChI is InChI=1S/C23H20ClFN2O7/c1-13-8-17(33-26-13)11-32-23(30)34-27-7-6-14-9-16(25)3-4-18(14)22(27)19-10-15(24)2-5-20(19)31-12-21(28)29/h2-5,8-10,22H,6-7,11-12H2,1H3,(H,28,29)/t22-/m0/s1. The van der Waals surface area contributed by atoms with Crippen molar-refractivity contribution in [3.8, 4) is 5.75 Å². The number of nitrogens with zero attached hydrogens (tertiary/aromatic N) is 2. The maximum atomic E-state index is 13.9. The molecule has 3 aromatic rings. The first-order valence-corrected chi connectivity index (χ1v) is 10.6. The summed E-state index contributed by atoms with van der Waals surface area (Å²) in [5, 5.41) is 14.5. The Bertz CT molecular complexity index is 1220. The number of ether oxygens (including phenoxy) is 2. The number of hydrogen-bond acceptors (Lipinski definition) is 8. The number of carboxylic acids is 1. The lowest BCUT2D eigenvalue weighted by Gasteiger charge is -2.36. The molecule has 0 fully saturated rings. The largest absolute Gasteiger partial charge is 0.528 e. The lowest BCUT2D eigenvalue weighted by atomic mass is 9.89. The van der Waals surface area contributed by atoms with Crippen LogP contribution < -0.4 is 4.74 Å². The quantitative estimate of drug-likeness (QED) is 0.480. The number of halogens is 2. The number of hydroxylamine groups is 2. The fourth-order valence-corrected chi connectivity index (χ4v) is 3.91. The van der Waals surface area contributed by atoms with Gasteiger partial charge in [-0.3, -0.25) is 0 Å². The Balaban J connectivity index is 1.64. The van der Waals surface area contributed by atoms with Crippen molar-refractivity contribution < 1.29 is 37.9 Å². The van der Waals surface area contributed by atoms with Gasteiger partial charge in [0, 0.05) is 23.2 Å². The third-order valence-electron chi connectivity index (χ3n) is 5.11. The maximum Gasteiger partial charge on any atom is 0.528 e. The highest BCUT2D eigenvalue weighted by molar-refractivity contribution is 6.30. The van der Waals surface area contributed by atoms with Gasteiger partial charge in [0.05, 0.1) is 11.7 Å². The van der Waals surface area contributed by atoms with Crippen LogP contribution >= 0.6 is 11.6 Å². The molecule has 0 radical (unpaired) electrons. The van der Waals surface area contributed by atoms with Crippen LogP contribution in [0.15, 0.2) is 47.0 Å². The first kappa shape index (κ1) is 23.5. The summed E-state index contributed by atoms with van der Waals surface area (Å²) in [4.78, 5) is 29.0. The van der Waals surface area contributed by atoms with Crippen LogP contribution in [0.4, 0.5) is 9.18 Å². The summed E-state index contributed by atoms with van der Waals surface area (Å²) in [6, 6.07) is 9.81. The van der Waals surface area contributed by atoms with Crippen LogP contribution in [0.25, 0.3) is 0 Å². The summed E-state index contributed by atoms with van der Waals surface area (Å²) < 4.78 is 29.5. The minimum Gasteiger partial charge on any atom is -0.482 e. The van der Waals surface area contributed by atoms with Crippen molar-refractivity contribution in [3.05, 3.63) is 81.4 Å². The predicted molar refractivity (Wildman–Crippen MR) is 116 cm³/mol. The Morgan fingerprint density at radius 1 is 1.24 bits per heavy atom. The molecule has 9 nitrogen and oxygen atoms in total. The van der Waals surface area contributed by atoms with Crippen LogP contribution in [0.5, 0.6) is 5.75 Å². The molecule has 0 amide bonds. The molecule has 1 aliphatic rings. The number of carbonyl (C=O) groups excluding carboxylic acids is 1. The molecule has 178 valence electrons. The maximum absolute atomic E-state index is 13.9. The predicted octanol–water partition coefficient (Wildman–Crippen LogP) is 4.45. The van der Waals surface area contributed by atoms with Gasteiger partial charge in [0.15, 0.2) is 19.0 Å². The second kappa shape index (κ2) is 10.1. The van der Waals surface area contributed by atoms with Crippen molar-refractivity contribution in [1.82, 2.24) is 10.2 Å². The number of aliphatic carboxylic acids is 1. The second-order valence-corrected chi connectivity index (χ2v) is 8.00. The van der Waals surface area contributed by atoms with Crippen LogP contribution in [-0.2, 0) is 27.4 Å². The summed E-state index contributed by atoms with van der Waals surface area (Å²) in [6.07, 6.45) is -0.594. The average Bonchev–Trinajstić information content (AvgIpc) is 3.22. The van der Waals surface area contributed by atoms with Crippen LogP contribution in [0, 0.1) is 12.7 Å². The first-order valence-electron chi connectivity index (χ1n) is 10.3. The van der Waals surface area contributed by atoms with E-state index in [4.69, 9.17) is 35.5 Å². The summed E-state index contributed by atoms with van der Waals surface area (Å²) in [5.74, 6) is -0.980. The number of carboxylic acid groups (broad SMARTS) is 1. The van der Waals surface area contributed by atoms with Crippen LogP contribution in [0.3, 0.4) is 0 Å². The van der Waals surface area contributed by atoms with Gasteiger partial charge in [-0.05, 0) is 54.8 Å². The number of fused-ring (bicyclic) bond motifs is 1. The van der Waals surface area contributed by atoms with E-state index >= 15 is 0 Å². The van der Waals surface area contributed by atoms with E-state index in [0.717, 1.165) is 0 Å². The highest BCUT2D eigenvalue weighted by Crippen LogP contribution is 2.41. The Labute approximate surface area is 198 Å². The number of hydrogen-bond donors (Lipinski definition) is 1.